The summed E-state index contributed by atoms with van der Waals surface area (Å²) >= 11 is 0. The van der Waals surface area contributed by atoms with E-state index in [-0.39, 0.29) is 27.3 Å². The first-order valence-corrected chi connectivity index (χ1v) is 11.1. The smallest absolute Gasteiger partial charge is 0.264 e. The lowest BCUT2D eigenvalue weighted by atomic mass is 9.86. The Kier molecular flexibility index (Phi) is 4.51. The van der Waals surface area contributed by atoms with Crippen molar-refractivity contribution in [1.29, 1.82) is 0 Å². The highest BCUT2D eigenvalue weighted by Crippen LogP contribution is 2.43. The van der Waals surface area contributed by atoms with Gasteiger partial charge in [0.1, 0.15) is 11.5 Å². The minimum Gasteiger partial charge on any atom is -0.505 e. The molecule has 0 unspecified atom stereocenters. The van der Waals surface area contributed by atoms with E-state index in [0.29, 0.717) is 22.8 Å². The standard InChI is InChI=1S/C24H23NO4S/c1-24(2,3)17-11-12-19-20(13-17)30(28,29)25(4)22(23(19)27)21-16(14-26)10-9-15-7-5-6-8-18(15)21/h5-14,27H,1-4H3. The molecule has 0 fully saturated rings. The number of aldehydes is 1. The predicted molar refractivity (Wildman–Crippen MR) is 119 cm³/mol. The highest BCUT2D eigenvalue weighted by molar-refractivity contribution is 7.89. The van der Waals surface area contributed by atoms with Crippen LogP contribution in [0.5, 0.6) is 0 Å². The van der Waals surface area contributed by atoms with Crippen molar-refractivity contribution < 1.29 is 18.3 Å². The average molecular weight is 422 g/mol. The second kappa shape index (κ2) is 6.71. The quantitative estimate of drug-likeness (QED) is 0.593. The number of rotatable bonds is 2. The highest BCUT2D eigenvalue weighted by atomic mass is 32.2. The molecule has 3 aromatic rings. The van der Waals surface area contributed by atoms with E-state index in [1.54, 1.807) is 24.3 Å². The second-order valence-electron chi connectivity index (χ2n) is 8.50. The van der Waals surface area contributed by atoms with Gasteiger partial charge in [-0.05, 0) is 33.9 Å². The van der Waals surface area contributed by atoms with Gasteiger partial charge in [-0.15, -0.1) is 0 Å². The van der Waals surface area contributed by atoms with Gasteiger partial charge in [0.15, 0.2) is 6.29 Å². The second-order valence-corrected chi connectivity index (χ2v) is 10.4. The third-order valence-corrected chi connectivity index (χ3v) is 7.40. The molecule has 6 heteroatoms. The van der Waals surface area contributed by atoms with Crippen molar-refractivity contribution in [3.63, 3.8) is 0 Å². The van der Waals surface area contributed by atoms with Crippen LogP contribution in [0.25, 0.3) is 22.2 Å². The molecule has 0 spiro atoms. The Morgan fingerprint density at radius 1 is 1.00 bits per heavy atom. The summed E-state index contributed by atoms with van der Waals surface area (Å²) < 4.78 is 28.0. The number of nitrogens with zero attached hydrogens (tertiary/aromatic N) is 1. The fourth-order valence-corrected chi connectivity index (χ4v) is 5.30. The van der Waals surface area contributed by atoms with Gasteiger partial charge < -0.3 is 5.11 Å². The van der Waals surface area contributed by atoms with Crippen molar-refractivity contribution in [3.05, 3.63) is 76.9 Å². The summed E-state index contributed by atoms with van der Waals surface area (Å²) in [6, 6.07) is 15.9. The van der Waals surface area contributed by atoms with E-state index in [1.807, 2.05) is 51.1 Å². The summed E-state index contributed by atoms with van der Waals surface area (Å²) in [6.45, 7) is 6.00. The van der Waals surface area contributed by atoms with Crippen LogP contribution in [0.2, 0.25) is 0 Å². The highest BCUT2D eigenvalue weighted by Gasteiger charge is 2.37. The summed E-state index contributed by atoms with van der Waals surface area (Å²) in [4.78, 5) is 11.9. The minimum atomic E-state index is -3.93. The number of sulfonamides is 1. The van der Waals surface area contributed by atoms with E-state index in [1.165, 1.54) is 7.05 Å². The molecule has 0 amide bonds. The summed E-state index contributed by atoms with van der Waals surface area (Å²) in [7, 11) is -2.52. The van der Waals surface area contributed by atoms with Gasteiger partial charge in [0, 0.05) is 23.7 Å². The number of hydrogen-bond acceptors (Lipinski definition) is 4. The van der Waals surface area contributed by atoms with Gasteiger partial charge >= 0.3 is 0 Å². The maximum Gasteiger partial charge on any atom is 0.264 e. The Bertz CT molecular complexity index is 1330. The Balaban J connectivity index is 2.11. The Morgan fingerprint density at radius 2 is 1.70 bits per heavy atom. The van der Waals surface area contributed by atoms with Crippen molar-refractivity contribution >= 4 is 38.5 Å². The molecule has 1 N–H and O–H groups in total. The van der Waals surface area contributed by atoms with Crippen LogP contribution in [0.3, 0.4) is 0 Å². The van der Waals surface area contributed by atoms with Crippen LogP contribution in [0.15, 0.2) is 59.5 Å². The predicted octanol–water partition coefficient (Wildman–Crippen LogP) is 4.97. The zero-order chi connectivity index (χ0) is 21.8. The molecule has 0 saturated carbocycles. The molecule has 154 valence electrons. The Labute approximate surface area is 176 Å². The van der Waals surface area contributed by atoms with Crippen molar-refractivity contribution in [3.8, 4) is 0 Å². The van der Waals surface area contributed by atoms with Gasteiger partial charge in [0.05, 0.1) is 4.90 Å². The van der Waals surface area contributed by atoms with E-state index in [9.17, 15) is 18.3 Å². The first-order chi connectivity index (χ1) is 14.1. The number of carbonyl (C=O) groups is 1. The molecule has 0 aromatic heterocycles. The normalized spacial score (nSPS) is 15.9. The third-order valence-electron chi connectivity index (χ3n) is 5.61. The summed E-state index contributed by atoms with van der Waals surface area (Å²) in [5.41, 5.74) is 1.66. The third kappa shape index (κ3) is 2.91. The molecule has 1 aliphatic rings. The molecule has 4 rings (SSSR count). The van der Waals surface area contributed by atoms with Crippen molar-refractivity contribution in [1.82, 2.24) is 4.31 Å². The molecule has 3 aromatic carbocycles. The van der Waals surface area contributed by atoms with Gasteiger partial charge in [-0.1, -0.05) is 63.2 Å². The van der Waals surface area contributed by atoms with Crippen molar-refractivity contribution in [2.24, 2.45) is 0 Å². The van der Waals surface area contributed by atoms with Crippen LogP contribution in [-0.4, -0.2) is 31.2 Å². The Morgan fingerprint density at radius 3 is 2.37 bits per heavy atom. The van der Waals surface area contributed by atoms with E-state index in [2.05, 4.69) is 0 Å². The van der Waals surface area contributed by atoms with Crippen LogP contribution >= 0.6 is 0 Å². The lowest BCUT2D eigenvalue weighted by Crippen LogP contribution is -2.31. The number of benzene rings is 3. The van der Waals surface area contributed by atoms with Crippen LogP contribution in [0.4, 0.5) is 0 Å². The average Bonchev–Trinajstić information content (AvgIpc) is 2.71. The fourth-order valence-electron chi connectivity index (χ4n) is 3.87. The molecular formula is C24H23NO4S. The molecule has 0 atom stereocenters. The molecule has 0 bridgehead atoms. The molecule has 0 aliphatic carbocycles. The molecule has 5 nitrogen and oxygen atoms in total. The SMILES string of the molecule is CN1C(c2c(C=O)ccc3ccccc23)=C(O)c2ccc(C(C)(C)C)cc2S1(=O)=O. The summed E-state index contributed by atoms with van der Waals surface area (Å²) in [5.74, 6) is -0.165. The molecule has 1 heterocycles. The monoisotopic (exact) mass is 421 g/mol. The summed E-state index contributed by atoms with van der Waals surface area (Å²) in [6.07, 6.45) is 0.681. The van der Waals surface area contributed by atoms with Gasteiger partial charge in [-0.2, -0.15) is 0 Å². The lowest BCUT2D eigenvalue weighted by molar-refractivity contribution is 0.112. The lowest BCUT2D eigenvalue weighted by Gasteiger charge is -2.32. The molecule has 1 aliphatic heterocycles. The number of carbonyl (C=O) groups excluding carboxylic acids is 1. The number of fused-ring (bicyclic) bond motifs is 2. The molecular weight excluding hydrogens is 398 g/mol. The van der Waals surface area contributed by atoms with E-state index >= 15 is 0 Å². The first kappa shape index (κ1) is 20.2. The van der Waals surface area contributed by atoms with Crippen LogP contribution < -0.4 is 0 Å². The molecule has 0 radical (unpaired) electrons. The zero-order valence-electron chi connectivity index (χ0n) is 17.3. The molecule has 30 heavy (non-hydrogen) atoms. The van der Waals surface area contributed by atoms with Crippen molar-refractivity contribution in [2.45, 2.75) is 31.1 Å². The summed E-state index contributed by atoms with van der Waals surface area (Å²) in [5, 5.41) is 12.7. The van der Waals surface area contributed by atoms with Crippen LogP contribution in [0.1, 0.15) is 47.8 Å². The van der Waals surface area contributed by atoms with Gasteiger partial charge in [0.25, 0.3) is 10.0 Å². The maximum atomic E-state index is 13.4. The minimum absolute atomic E-state index is 0.0616. The Hall–Kier alpha value is -3.12. The van der Waals surface area contributed by atoms with Gasteiger partial charge in [0.2, 0.25) is 0 Å². The number of aliphatic hydroxyl groups is 1. The van der Waals surface area contributed by atoms with E-state index in [0.717, 1.165) is 15.3 Å². The maximum absolute atomic E-state index is 13.4. The largest absolute Gasteiger partial charge is 0.505 e. The van der Waals surface area contributed by atoms with Crippen molar-refractivity contribution in [2.75, 3.05) is 7.05 Å². The zero-order valence-corrected chi connectivity index (χ0v) is 18.1. The van der Waals surface area contributed by atoms with Gasteiger partial charge in [-0.25, -0.2) is 8.42 Å². The number of hydrogen-bond donors (Lipinski definition) is 1. The van der Waals surface area contributed by atoms with E-state index in [4.69, 9.17) is 0 Å². The van der Waals surface area contributed by atoms with Gasteiger partial charge in [-0.3, -0.25) is 9.10 Å². The topological polar surface area (TPSA) is 74.7 Å². The number of aliphatic hydroxyl groups excluding tert-OH is 1. The molecule has 0 saturated heterocycles. The van der Waals surface area contributed by atoms with Crippen LogP contribution in [-0.2, 0) is 15.4 Å². The fraction of sp³-hybridized carbons (Fsp3) is 0.208. The van der Waals surface area contributed by atoms with E-state index < -0.39 is 10.0 Å². The van der Waals surface area contributed by atoms with Crippen LogP contribution in [0, 0.1) is 0 Å². The first-order valence-electron chi connectivity index (χ1n) is 9.61.